The minimum Gasteiger partial charge on any atom is -0.346 e. The number of aromatic nitrogens is 4. The zero-order chi connectivity index (χ0) is 18.5. The summed E-state index contributed by atoms with van der Waals surface area (Å²) in [6.45, 7) is 0.813. The van der Waals surface area contributed by atoms with Crippen LogP contribution < -0.4 is 4.90 Å². The van der Waals surface area contributed by atoms with Gasteiger partial charge in [0, 0.05) is 30.7 Å². The van der Waals surface area contributed by atoms with Crippen molar-refractivity contribution in [1.82, 2.24) is 19.5 Å². The summed E-state index contributed by atoms with van der Waals surface area (Å²) in [5, 5.41) is 0.544. The molecule has 1 aromatic carbocycles. The van der Waals surface area contributed by atoms with E-state index in [1.807, 2.05) is 0 Å². The van der Waals surface area contributed by atoms with Gasteiger partial charge in [0.05, 0.1) is 17.3 Å². The Labute approximate surface area is 156 Å². The van der Waals surface area contributed by atoms with Gasteiger partial charge in [-0.2, -0.15) is 0 Å². The highest BCUT2D eigenvalue weighted by atomic mass is 19.2. The summed E-state index contributed by atoms with van der Waals surface area (Å²) in [6.07, 6.45) is 7.92. The number of nitrogens with zero attached hydrogens (tertiary/aromatic N) is 5. The molecule has 27 heavy (non-hydrogen) atoms. The van der Waals surface area contributed by atoms with Crippen LogP contribution in [0.2, 0.25) is 0 Å². The van der Waals surface area contributed by atoms with Crippen LogP contribution in [0.1, 0.15) is 48.9 Å². The molecule has 1 unspecified atom stereocenters. The van der Waals surface area contributed by atoms with Crippen molar-refractivity contribution in [2.24, 2.45) is 7.05 Å². The van der Waals surface area contributed by atoms with E-state index < -0.39 is 11.6 Å². The Morgan fingerprint density at radius 3 is 2.70 bits per heavy atom. The van der Waals surface area contributed by atoms with Crippen LogP contribution in [0.4, 0.5) is 14.6 Å². The van der Waals surface area contributed by atoms with E-state index in [9.17, 15) is 8.78 Å². The van der Waals surface area contributed by atoms with Crippen LogP contribution in [0, 0.1) is 11.6 Å². The second-order valence-electron chi connectivity index (χ2n) is 7.46. The van der Waals surface area contributed by atoms with Crippen LogP contribution in [-0.4, -0.2) is 26.1 Å². The molecule has 3 aromatic rings. The number of hydrogen-bond acceptors (Lipinski definition) is 4. The summed E-state index contributed by atoms with van der Waals surface area (Å²) in [5.74, 6) is -0.0558. The summed E-state index contributed by atoms with van der Waals surface area (Å²) in [5.41, 5.74) is 2.97. The molecule has 0 saturated carbocycles. The van der Waals surface area contributed by atoms with Crippen molar-refractivity contribution in [3.05, 3.63) is 47.3 Å². The van der Waals surface area contributed by atoms with Gasteiger partial charge in [-0.1, -0.05) is 0 Å². The highest BCUT2D eigenvalue weighted by molar-refractivity contribution is 5.89. The zero-order valence-electron chi connectivity index (χ0n) is 15.3. The fourth-order valence-electron chi connectivity index (χ4n) is 4.56. The van der Waals surface area contributed by atoms with Crippen molar-refractivity contribution in [3.63, 3.8) is 0 Å². The lowest BCUT2D eigenvalue weighted by Gasteiger charge is -2.26. The Morgan fingerprint density at radius 1 is 1.04 bits per heavy atom. The molecule has 1 saturated heterocycles. The molecule has 1 atom stereocenters. The zero-order valence-corrected chi connectivity index (χ0v) is 15.3. The number of aryl methyl sites for hydroxylation is 1. The molecule has 5 rings (SSSR count). The van der Waals surface area contributed by atoms with Gasteiger partial charge in [0.25, 0.3) is 0 Å². The van der Waals surface area contributed by atoms with Crippen LogP contribution in [0.25, 0.3) is 10.9 Å². The Bertz CT molecular complexity index is 1030. The predicted molar refractivity (Wildman–Crippen MR) is 98.6 cm³/mol. The third kappa shape index (κ3) is 2.59. The van der Waals surface area contributed by atoms with E-state index in [1.54, 1.807) is 0 Å². The lowest BCUT2D eigenvalue weighted by Crippen LogP contribution is -2.26. The molecule has 7 heteroatoms. The van der Waals surface area contributed by atoms with E-state index in [4.69, 9.17) is 4.98 Å². The molecule has 0 spiro atoms. The van der Waals surface area contributed by atoms with Gasteiger partial charge < -0.3 is 9.47 Å². The van der Waals surface area contributed by atoms with Crippen LogP contribution in [0.5, 0.6) is 0 Å². The average Bonchev–Trinajstić information content (AvgIpc) is 3.27. The molecule has 1 aliphatic carbocycles. The van der Waals surface area contributed by atoms with Crippen molar-refractivity contribution >= 4 is 16.7 Å². The third-order valence-electron chi connectivity index (χ3n) is 5.89. The Balaban J connectivity index is 1.61. The number of benzene rings is 1. The SMILES string of the molecule is Cn1c(C2CCCN2c2ncnc3cc(F)c(F)cc23)nc2c1CCCC2. The van der Waals surface area contributed by atoms with E-state index in [2.05, 4.69) is 26.5 Å². The monoisotopic (exact) mass is 369 g/mol. The van der Waals surface area contributed by atoms with Gasteiger partial charge in [0.2, 0.25) is 0 Å². The first-order chi connectivity index (χ1) is 13.1. The fraction of sp³-hybridized carbons (Fsp3) is 0.450. The quantitative estimate of drug-likeness (QED) is 0.688. The summed E-state index contributed by atoms with van der Waals surface area (Å²) in [7, 11) is 2.09. The number of hydrogen-bond donors (Lipinski definition) is 0. The number of imidazole rings is 1. The van der Waals surface area contributed by atoms with Gasteiger partial charge in [0.1, 0.15) is 18.0 Å². The predicted octanol–water partition coefficient (Wildman–Crippen LogP) is 3.86. The van der Waals surface area contributed by atoms with Gasteiger partial charge >= 0.3 is 0 Å². The number of anilines is 1. The first-order valence-corrected chi connectivity index (χ1v) is 9.54. The first kappa shape index (κ1) is 16.6. The van der Waals surface area contributed by atoms with Crippen LogP contribution in [0.15, 0.2) is 18.5 Å². The maximum Gasteiger partial charge on any atom is 0.161 e. The third-order valence-corrected chi connectivity index (χ3v) is 5.89. The van der Waals surface area contributed by atoms with Gasteiger partial charge in [-0.05, 0) is 44.6 Å². The van der Waals surface area contributed by atoms with Gasteiger partial charge in [-0.15, -0.1) is 0 Å². The van der Waals surface area contributed by atoms with Crippen LogP contribution >= 0.6 is 0 Å². The lowest BCUT2D eigenvalue weighted by molar-refractivity contribution is 0.510. The Kier molecular flexibility index (Phi) is 3.84. The minimum atomic E-state index is -0.887. The number of halogens is 2. The average molecular weight is 369 g/mol. The Hall–Kier alpha value is -2.57. The normalized spacial score (nSPS) is 19.7. The molecule has 2 aliphatic rings. The lowest BCUT2D eigenvalue weighted by atomic mass is 10.0. The molecule has 3 heterocycles. The smallest absolute Gasteiger partial charge is 0.161 e. The van der Waals surface area contributed by atoms with Crippen molar-refractivity contribution in [3.8, 4) is 0 Å². The minimum absolute atomic E-state index is 0.0896. The molecule has 1 aliphatic heterocycles. The summed E-state index contributed by atoms with van der Waals surface area (Å²) < 4.78 is 29.7. The molecule has 0 bridgehead atoms. The number of rotatable bonds is 2. The maximum absolute atomic E-state index is 13.9. The summed E-state index contributed by atoms with van der Waals surface area (Å²) in [4.78, 5) is 15.7. The summed E-state index contributed by atoms with van der Waals surface area (Å²) >= 11 is 0. The highest BCUT2D eigenvalue weighted by Gasteiger charge is 2.33. The van der Waals surface area contributed by atoms with Crippen molar-refractivity contribution in [2.75, 3.05) is 11.4 Å². The highest BCUT2D eigenvalue weighted by Crippen LogP contribution is 2.38. The molecule has 2 aromatic heterocycles. The molecule has 0 radical (unpaired) electrons. The molecule has 1 fully saturated rings. The second kappa shape index (κ2) is 6.25. The summed E-state index contributed by atoms with van der Waals surface area (Å²) in [6, 6.07) is 2.44. The number of fused-ring (bicyclic) bond motifs is 2. The van der Waals surface area contributed by atoms with E-state index in [-0.39, 0.29) is 6.04 Å². The van der Waals surface area contributed by atoms with E-state index in [0.29, 0.717) is 16.7 Å². The maximum atomic E-state index is 13.9. The standard InChI is InChI=1S/C20H21F2N5/c1-26-17-6-3-2-5-15(17)25-20(26)18-7-4-8-27(18)19-12-9-13(21)14(22)10-16(12)23-11-24-19/h9-11,18H,2-8H2,1H3. The fourth-order valence-corrected chi connectivity index (χ4v) is 4.56. The topological polar surface area (TPSA) is 46.8 Å². The van der Waals surface area contributed by atoms with Gasteiger partial charge in [-0.3, -0.25) is 0 Å². The van der Waals surface area contributed by atoms with E-state index >= 15 is 0 Å². The molecule has 0 amide bonds. The largest absolute Gasteiger partial charge is 0.346 e. The molecule has 5 nitrogen and oxygen atoms in total. The van der Waals surface area contributed by atoms with Crippen LogP contribution in [-0.2, 0) is 19.9 Å². The van der Waals surface area contributed by atoms with E-state index in [1.165, 1.54) is 36.6 Å². The van der Waals surface area contributed by atoms with Gasteiger partial charge in [0.15, 0.2) is 11.6 Å². The van der Waals surface area contributed by atoms with Crippen molar-refractivity contribution < 1.29 is 8.78 Å². The second-order valence-corrected chi connectivity index (χ2v) is 7.46. The molecular weight excluding hydrogens is 348 g/mol. The molecular formula is C20H21F2N5. The Morgan fingerprint density at radius 2 is 1.85 bits per heavy atom. The van der Waals surface area contributed by atoms with Gasteiger partial charge in [-0.25, -0.2) is 23.7 Å². The van der Waals surface area contributed by atoms with Crippen molar-refractivity contribution in [2.45, 2.75) is 44.6 Å². The van der Waals surface area contributed by atoms with Crippen molar-refractivity contribution in [1.29, 1.82) is 0 Å². The first-order valence-electron chi connectivity index (χ1n) is 9.54. The van der Waals surface area contributed by atoms with Crippen LogP contribution in [0.3, 0.4) is 0 Å². The van der Waals surface area contributed by atoms with E-state index in [0.717, 1.165) is 44.1 Å². The molecule has 0 N–H and O–H groups in total. The molecule has 140 valence electrons.